The number of ether oxygens (including phenoxy) is 1. The molecule has 0 atom stereocenters. The molecule has 0 aromatic heterocycles. The summed E-state index contributed by atoms with van der Waals surface area (Å²) in [5, 5.41) is 3.20. The second-order valence-electron chi connectivity index (χ2n) is 4.84. The Balaban J connectivity index is 1.65. The third-order valence-corrected chi connectivity index (χ3v) is 5.09. The van der Waals surface area contributed by atoms with Crippen LogP contribution in [-0.4, -0.2) is 65.0 Å². The fourth-order valence-corrected chi connectivity index (χ4v) is 3.36. The third kappa shape index (κ3) is 4.86. The van der Waals surface area contributed by atoms with Crippen molar-refractivity contribution in [2.45, 2.75) is 4.90 Å². The molecular formula is C14H22N2O3S. The lowest BCUT2D eigenvalue weighted by Gasteiger charge is -2.26. The van der Waals surface area contributed by atoms with Gasteiger partial charge in [-0.25, -0.2) is 8.42 Å². The van der Waals surface area contributed by atoms with Gasteiger partial charge in [0, 0.05) is 32.7 Å². The summed E-state index contributed by atoms with van der Waals surface area (Å²) in [6.07, 6.45) is 0. The van der Waals surface area contributed by atoms with Crippen LogP contribution in [0, 0.1) is 0 Å². The van der Waals surface area contributed by atoms with Gasteiger partial charge < -0.3 is 10.1 Å². The zero-order valence-corrected chi connectivity index (χ0v) is 12.4. The van der Waals surface area contributed by atoms with Crippen LogP contribution in [0.2, 0.25) is 0 Å². The fourth-order valence-electron chi connectivity index (χ4n) is 2.14. The van der Waals surface area contributed by atoms with Crippen molar-refractivity contribution in [2.24, 2.45) is 0 Å². The summed E-state index contributed by atoms with van der Waals surface area (Å²) < 4.78 is 29.3. The van der Waals surface area contributed by atoms with Gasteiger partial charge in [0.25, 0.3) is 0 Å². The highest BCUT2D eigenvalue weighted by Gasteiger charge is 2.13. The molecule has 6 heteroatoms. The zero-order chi connectivity index (χ0) is 14.3. The molecule has 0 amide bonds. The minimum Gasteiger partial charge on any atom is -0.379 e. The minimum atomic E-state index is -3.16. The summed E-state index contributed by atoms with van der Waals surface area (Å²) in [7, 11) is -3.16. The molecule has 0 unspecified atom stereocenters. The molecule has 5 nitrogen and oxygen atoms in total. The molecule has 1 aliphatic heterocycles. The summed E-state index contributed by atoms with van der Waals surface area (Å²) in [4.78, 5) is 2.72. The zero-order valence-electron chi connectivity index (χ0n) is 11.6. The van der Waals surface area contributed by atoms with E-state index in [1.54, 1.807) is 24.3 Å². The van der Waals surface area contributed by atoms with Gasteiger partial charge in [-0.2, -0.15) is 0 Å². The Kier molecular flexibility index (Phi) is 5.97. The molecule has 0 saturated carbocycles. The Bertz CT molecular complexity index is 484. The van der Waals surface area contributed by atoms with Crippen molar-refractivity contribution in [3.05, 3.63) is 30.3 Å². The molecular weight excluding hydrogens is 276 g/mol. The highest BCUT2D eigenvalue weighted by atomic mass is 32.2. The molecule has 0 spiro atoms. The van der Waals surface area contributed by atoms with Gasteiger partial charge in [-0.15, -0.1) is 0 Å². The second kappa shape index (κ2) is 7.73. The fraction of sp³-hybridized carbons (Fsp3) is 0.571. The topological polar surface area (TPSA) is 58.6 Å². The molecule has 1 heterocycles. The lowest BCUT2D eigenvalue weighted by atomic mass is 10.4. The highest BCUT2D eigenvalue weighted by Crippen LogP contribution is 2.09. The van der Waals surface area contributed by atoms with Gasteiger partial charge in [-0.1, -0.05) is 18.2 Å². The van der Waals surface area contributed by atoms with Gasteiger partial charge in [0.05, 0.1) is 23.9 Å². The number of benzene rings is 1. The smallest absolute Gasteiger partial charge is 0.179 e. The minimum absolute atomic E-state index is 0.139. The Morgan fingerprint density at radius 2 is 1.80 bits per heavy atom. The van der Waals surface area contributed by atoms with Gasteiger partial charge in [-0.3, -0.25) is 4.90 Å². The third-order valence-electron chi connectivity index (χ3n) is 3.36. The average Bonchev–Trinajstić information content (AvgIpc) is 2.49. The van der Waals surface area contributed by atoms with E-state index in [2.05, 4.69) is 10.2 Å². The first-order valence-electron chi connectivity index (χ1n) is 6.97. The Hall–Kier alpha value is -0.950. The van der Waals surface area contributed by atoms with E-state index in [9.17, 15) is 8.42 Å². The quantitative estimate of drug-likeness (QED) is 0.738. The van der Waals surface area contributed by atoms with Gasteiger partial charge in [0.15, 0.2) is 9.84 Å². The molecule has 0 bridgehead atoms. The molecule has 0 radical (unpaired) electrons. The second-order valence-corrected chi connectivity index (χ2v) is 6.95. The molecule has 0 aliphatic carbocycles. The van der Waals surface area contributed by atoms with E-state index >= 15 is 0 Å². The maximum atomic E-state index is 12.0. The highest BCUT2D eigenvalue weighted by molar-refractivity contribution is 7.91. The summed E-state index contributed by atoms with van der Waals surface area (Å²) in [5.41, 5.74) is 0. The monoisotopic (exact) mass is 298 g/mol. The predicted molar refractivity (Wildman–Crippen MR) is 78.6 cm³/mol. The normalized spacial score (nSPS) is 17.2. The van der Waals surface area contributed by atoms with Crippen molar-refractivity contribution < 1.29 is 13.2 Å². The molecule has 2 rings (SSSR count). The Labute approximate surface area is 120 Å². The van der Waals surface area contributed by atoms with Crippen LogP contribution in [0.1, 0.15) is 0 Å². The number of rotatable bonds is 7. The Morgan fingerprint density at radius 3 is 2.50 bits per heavy atom. The molecule has 1 fully saturated rings. The van der Waals surface area contributed by atoms with E-state index < -0.39 is 9.84 Å². The lowest BCUT2D eigenvalue weighted by Crippen LogP contribution is -2.40. The first kappa shape index (κ1) is 15.4. The largest absolute Gasteiger partial charge is 0.379 e. The molecule has 1 N–H and O–H groups in total. The summed E-state index contributed by atoms with van der Waals surface area (Å²) in [6, 6.07) is 8.60. The molecule has 112 valence electrons. The first-order chi connectivity index (χ1) is 9.68. The van der Waals surface area contributed by atoms with Crippen LogP contribution in [0.4, 0.5) is 0 Å². The van der Waals surface area contributed by atoms with Crippen molar-refractivity contribution in [2.75, 3.05) is 51.7 Å². The van der Waals surface area contributed by atoms with Crippen LogP contribution in [0.3, 0.4) is 0 Å². The number of morpholine rings is 1. The van der Waals surface area contributed by atoms with E-state index in [0.29, 0.717) is 11.4 Å². The van der Waals surface area contributed by atoms with Gasteiger partial charge in [-0.05, 0) is 12.1 Å². The van der Waals surface area contributed by atoms with E-state index in [1.165, 1.54) is 0 Å². The Morgan fingerprint density at radius 1 is 1.10 bits per heavy atom. The van der Waals surface area contributed by atoms with E-state index in [1.807, 2.05) is 6.07 Å². The van der Waals surface area contributed by atoms with Crippen molar-refractivity contribution >= 4 is 9.84 Å². The number of nitrogens with zero attached hydrogens (tertiary/aromatic N) is 1. The number of nitrogens with one attached hydrogen (secondary N) is 1. The molecule has 1 aromatic carbocycles. The standard InChI is InChI=1S/C14H22N2O3S/c17-20(18,14-4-2-1-3-5-14)13-7-15-6-8-16-9-11-19-12-10-16/h1-5,15H,6-13H2. The van der Waals surface area contributed by atoms with Crippen molar-refractivity contribution in [1.82, 2.24) is 10.2 Å². The van der Waals surface area contributed by atoms with Crippen LogP contribution in [0.5, 0.6) is 0 Å². The lowest BCUT2D eigenvalue weighted by molar-refractivity contribution is 0.0385. The molecule has 1 saturated heterocycles. The molecule has 1 aliphatic rings. The van der Waals surface area contributed by atoms with Gasteiger partial charge in [0.1, 0.15) is 0 Å². The maximum Gasteiger partial charge on any atom is 0.179 e. The maximum absolute atomic E-state index is 12.0. The van der Waals surface area contributed by atoms with Crippen LogP contribution in [0.25, 0.3) is 0 Å². The van der Waals surface area contributed by atoms with E-state index in [4.69, 9.17) is 4.74 Å². The summed E-state index contributed by atoms with van der Waals surface area (Å²) >= 11 is 0. The van der Waals surface area contributed by atoms with Crippen LogP contribution in [-0.2, 0) is 14.6 Å². The van der Waals surface area contributed by atoms with Crippen molar-refractivity contribution in [1.29, 1.82) is 0 Å². The number of hydrogen-bond donors (Lipinski definition) is 1. The SMILES string of the molecule is O=S(=O)(CCNCCN1CCOCC1)c1ccccc1. The first-order valence-corrected chi connectivity index (χ1v) is 8.62. The summed E-state index contributed by atoms with van der Waals surface area (Å²) in [5.74, 6) is 0.139. The van der Waals surface area contributed by atoms with Crippen LogP contribution in [0.15, 0.2) is 35.2 Å². The number of sulfone groups is 1. The molecule has 20 heavy (non-hydrogen) atoms. The van der Waals surface area contributed by atoms with Crippen molar-refractivity contribution in [3.63, 3.8) is 0 Å². The van der Waals surface area contributed by atoms with Crippen molar-refractivity contribution in [3.8, 4) is 0 Å². The van der Waals surface area contributed by atoms with Gasteiger partial charge >= 0.3 is 0 Å². The summed E-state index contributed by atoms with van der Waals surface area (Å²) in [6.45, 7) is 5.75. The molecule has 1 aromatic rings. The van der Waals surface area contributed by atoms with Gasteiger partial charge in [0.2, 0.25) is 0 Å². The number of hydrogen-bond acceptors (Lipinski definition) is 5. The van der Waals surface area contributed by atoms with Crippen LogP contribution >= 0.6 is 0 Å². The van der Waals surface area contributed by atoms with E-state index in [-0.39, 0.29) is 5.75 Å². The van der Waals surface area contributed by atoms with Crippen LogP contribution < -0.4 is 5.32 Å². The van der Waals surface area contributed by atoms with E-state index in [0.717, 1.165) is 39.4 Å². The predicted octanol–water partition coefficient (Wildman–Crippen LogP) is 0.382. The average molecular weight is 298 g/mol.